The van der Waals surface area contributed by atoms with Crippen LogP contribution in [-0.4, -0.2) is 0 Å². The van der Waals surface area contributed by atoms with Crippen LogP contribution in [0.15, 0.2) is 11.9 Å². The van der Waals surface area contributed by atoms with E-state index < -0.39 is 0 Å². The molecule has 0 fully saturated rings. The van der Waals surface area contributed by atoms with Gasteiger partial charge in [-0.2, -0.15) is 6.42 Å². The van der Waals surface area contributed by atoms with E-state index >= 15 is 0 Å². The summed E-state index contributed by atoms with van der Waals surface area (Å²) in [6.07, 6.45) is 3.77. The maximum Gasteiger partial charge on any atom is 2.00 e. The first kappa shape index (κ1) is 10.9. The number of hydrogen-bond acceptors (Lipinski definition) is 0. The minimum absolute atomic E-state index is 0. The molecule has 0 aromatic rings. The molecule has 0 aliphatic carbocycles. The van der Waals surface area contributed by atoms with E-state index in [1.165, 1.54) is 0 Å². The van der Waals surface area contributed by atoms with Gasteiger partial charge in [-0.25, -0.2) is 0 Å². The van der Waals surface area contributed by atoms with Crippen LogP contribution in [0, 0.1) is 13.8 Å². The normalized spacial score (nSPS) is 21.8. The Morgan fingerprint density at radius 1 is 1.75 bits per heavy atom. The third kappa shape index (κ3) is 2.38. The van der Waals surface area contributed by atoms with Gasteiger partial charge in [0.05, 0.1) is 0 Å². The summed E-state index contributed by atoms with van der Waals surface area (Å²) in [4.78, 5) is 0. The molecule has 2 nitrogen and oxygen atoms in total. The number of rotatable bonds is 1. The Balaban J connectivity index is 0. The van der Waals surface area contributed by atoms with E-state index in [0.29, 0.717) is 5.01 Å². The molecular formula is C5H10MnN2. The van der Waals surface area contributed by atoms with E-state index in [0.717, 1.165) is 5.70 Å². The zero-order valence-corrected chi connectivity index (χ0v) is 6.21. The summed E-state index contributed by atoms with van der Waals surface area (Å²) in [5.41, 5.74) is 1.09. The van der Waals surface area contributed by atoms with Crippen molar-refractivity contribution in [2.45, 2.75) is 6.92 Å². The Bertz CT molecular complexity index is 90.4. The predicted molar refractivity (Wildman–Crippen MR) is 29.8 cm³/mol. The first-order chi connectivity index (χ1) is 2.84. The first-order valence-electron chi connectivity index (χ1n) is 1.94. The molecule has 1 unspecified atom stereocenters. The van der Waals surface area contributed by atoms with Gasteiger partial charge in [0.1, 0.15) is 0 Å². The van der Waals surface area contributed by atoms with Crippen molar-refractivity contribution in [2.24, 2.45) is 0 Å². The fourth-order valence-electron chi connectivity index (χ4n) is 0.358. The topological polar surface area (TPSA) is 28.2 Å². The molecular weight excluding hydrogens is 143 g/mol. The Kier molecular flexibility index (Phi) is 5.44. The minimum Gasteiger partial charge on any atom is -0.477 e. The summed E-state index contributed by atoms with van der Waals surface area (Å²) in [7, 11) is 0. The van der Waals surface area contributed by atoms with Crippen molar-refractivity contribution in [1.29, 1.82) is 0 Å². The smallest absolute Gasteiger partial charge is 0.477 e. The molecule has 1 aliphatic heterocycles. The second-order valence-corrected chi connectivity index (χ2v) is 1.30. The van der Waals surface area contributed by atoms with E-state index in [1.807, 2.05) is 19.5 Å². The van der Waals surface area contributed by atoms with Gasteiger partial charge in [-0.1, -0.05) is 0 Å². The average Bonchev–Trinajstić information content (AvgIpc) is 2.19. The fourth-order valence-corrected chi connectivity index (χ4v) is 0.358. The molecule has 0 aromatic carbocycles. The molecule has 0 aromatic heterocycles. The van der Waals surface area contributed by atoms with Gasteiger partial charge >= 0.3 is 17.1 Å². The Morgan fingerprint density at radius 3 is 2.12 bits per heavy atom. The Morgan fingerprint density at radius 2 is 2.12 bits per heavy atom. The van der Waals surface area contributed by atoms with Crippen molar-refractivity contribution in [3.05, 3.63) is 31.6 Å². The van der Waals surface area contributed by atoms with Crippen molar-refractivity contribution in [3.63, 3.8) is 0 Å². The van der Waals surface area contributed by atoms with Crippen molar-refractivity contribution in [2.75, 3.05) is 0 Å². The van der Waals surface area contributed by atoms with E-state index in [1.54, 1.807) is 0 Å². The van der Waals surface area contributed by atoms with Crippen LogP contribution in [0.2, 0.25) is 0 Å². The third-order valence-electron chi connectivity index (χ3n) is 0.839. The van der Waals surface area contributed by atoms with Crippen LogP contribution < -0.4 is 5.01 Å². The number of allylic oxidation sites excluding steroid dienone is 1. The first-order valence-corrected chi connectivity index (χ1v) is 1.94. The van der Waals surface area contributed by atoms with Gasteiger partial charge in [-0.3, -0.25) is 0 Å². The van der Waals surface area contributed by atoms with Crippen LogP contribution >= 0.6 is 0 Å². The zero-order chi connectivity index (χ0) is 4.57. The molecule has 47 valence electrons. The molecule has 2 N–H and O–H groups in total. The molecule has 1 radical (unpaired) electrons. The van der Waals surface area contributed by atoms with Crippen LogP contribution in [0.5, 0.6) is 0 Å². The van der Waals surface area contributed by atoms with Gasteiger partial charge in [0.25, 0.3) is 0 Å². The Labute approximate surface area is 61.2 Å². The van der Waals surface area contributed by atoms with E-state index in [9.17, 15) is 0 Å². The molecule has 3 heteroatoms. The van der Waals surface area contributed by atoms with Crippen LogP contribution in [-0.2, 0) is 17.1 Å². The van der Waals surface area contributed by atoms with E-state index in [2.05, 4.69) is 0 Å². The maximum absolute atomic E-state index is 6.84. The second kappa shape index (κ2) is 3.98. The fraction of sp³-hybridized carbons (Fsp3) is 0.200. The minimum atomic E-state index is 0. The summed E-state index contributed by atoms with van der Waals surface area (Å²) < 4.78 is 0. The van der Waals surface area contributed by atoms with Crippen LogP contribution in [0.25, 0.3) is 5.84 Å². The summed E-state index contributed by atoms with van der Waals surface area (Å²) in [6, 6.07) is 0. The van der Waals surface area contributed by atoms with E-state index in [-0.39, 0.29) is 24.5 Å². The molecule has 1 atom stereocenters. The molecule has 1 heterocycles. The summed E-state index contributed by atoms with van der Waals surface area (Å²) in [5, 5.41) is 0.692. The van der Waals surface area contributed by atoms with Crippen molar-refractivity contribution < 1.29 is 22.1 Å². The van der Waals surface area contributed by atoms with Crippen LogP contribution in [0.3, 0.4) is 0 Å². The molecule has 8 heavy (non-hydrogen) atoms. The molecule has 0 saturated carbocycles. The van der Waals surface area contributed by atoms with Crippen LogP contribution in [0.4, 0.5) is 0 Å². The van der Waals surface area contributed by atoms with Gasteiger partial charge in [0.15, 0.2) is 0 Å². The third-order valence-corrected chi connectivity index (χ3v) is 0.839. The monoisotopic (exact) mass is 153 g/mol. The summed E-state index contributed by atoms with van der Waals surface area (Å²) in [6.45, 7) is 1.94. The van der Waals surface area contributed by atoms with Crippen molar-refractivity contribution >= 4 is 0 Å². The van der Waals surface area contributed by atoms with Gasteiger partial charge in [0, 0.05) is 11.9 Å². The van der Waals surface area contributed by atoms with Gasteiger partial charge in [0.2, 0.25) is 0 Å². The molecule has 0 saturated heterocycles. The van der Waals surface area contributed by atoms with Gasteiger partial charge in [-0.05, 0) is 0 Å². The molecule has 0 bridgehead atoms. The molecule has 1 rings (SSSR count). The molecule has 0 amide bonds. The second-order valence-electron chi connectivity index (χ2n) is 1.30. The summed E-state index contributed by atoms with van der Waals surface area (Å²) >= 11 is 0. The zero-order valence-electron chi connectivity index (χ0n) is 5.03. The largest absolute Gasteiger partial charge is 2.00 e. The molecule has 1 aliphatic rings. The summed E-state index contributed by atoms with van der Waals surface area (Å²) in [5.74, 6) is 6.84. The standard InChI is InChI=1S/C4H7N2.CH3.Mn/c1-2-4-3-6(4)5;;/h2-3,5-6H,1H3;1H3;/q2*-1;+2. The maximum atomic E-state index is 6.84. The number of hydrogen-bond donors (Lipinski definition) is 1. The van der Waals surface area contributed by atoms with Crippen molar-refractivity contribution in [1.82, 2.24) is 0 Å². The SMILES string of the molecule is C[CH-]C1=C[NH+]1[NH-].[CH3-].[Mn+2]. The number of nitrogens with one attached hydrogen (secondary N) is 2. The van der Waals surface area contributed by atoms with Crippen LogP contribution in [0.1, 0.15) is 6.92 Å². The predicted octanol–water partition coefficient (Wildman–Crippen LogP) is 0.365. The van der Waals surface area contributed by atoms with Crippen molar-refractivity contribution in [3.8, 4) is 0 Å². The average molecular weight is 153 g/mol. The Hall–Kier alpha value is 0.0495. The quantitative estimate of drug-likeness (QED) is 0.416. The van der Waals surface area contributed by atoms with E-state index in [4.69, 9.17) is 5.84 Å². The number of quaternary nitrogens is 1. The van der Waals surface area contributed by atoms with Gasteiger partial charge in [-0.15, -0.1) is 6.92 Å². The van der Waals surface area contributed by atoms with Gasteiger partial charge < -0.3 is 18.3 Å². The molecule has 0 spiro atoms.